The first-order chi connectivity index (χ1) is 8.29. The van der Waals surface area contributed by atoms with Gasteiger partial charge in [-0.25, -0.2) is 0 Å². The molecule has 4 heteroatoms. The lowest BCUT2D eigenvalue weighted by Crippen LogP contribution is -1.96. The zero-order valence-electron chi connectivity index (χ0n) is 9.82. The fraction of sp³-hybridized carbons (Fsp3) is 0.308. The summed E-state index contributed by atoms with van der Waals surface area (Å²) in [6.07, 6.45) is 4.09. The van der Waals surface area contributed by atoms with Crippen molar-refractivity contribution in [2.45, 2.75) is 19.8 Å². The van der Waals surface area contributed by atoms with Gasteiger partial charge < -0.3 is 14.7 Å². The molecule has 2 N–H and O–H groups in total. The Morgan fingerprint density at radius 2 is 2.24 bits per heavy atom. The van der Waals surface area contributed by atoms with Gasteiger partial charge in [-0.3, -0.25) is 0 Å². The van der Waals surface area contributed by atoms with Crippen LogP contribution in [0, 0.1) is 4.77 Å². The highest BCUT2D eigenvalue weighted by Crippen LogP contribution is 2.22. The van der Waals surface area contributed by atoms with Crippen LogP contribution in [0.1, 0.15) is 19.8 Å². The largest absolute Gasteiger partial charge is 0.494 e. The van der Waals surface area contributed by atoms with Gasteiger partial charge in [-0.1, -0.05) is 25.5 Å². The van der Waals surface area contributed by atoms with Crippen molar-refractivity contribution < 1.29 is 4.74 Å². The topological polar surface area (TPSA) is 40.8 Å². The summed E-state index contributed by atoms with van der Waals surface area (Å²) in [6.45, 7) is 2.92. The molecule has 0 saturated carbocycles. The minimum absolute atomic E-state index is 0.636. The molecule has 0 fully saturated rings. The summed E-state index contributed by atoms with van der Waals surface area (Å²) in [7, 11) is 0. The number of H-pyrrole nitrogens is 2. The standard InChI is InChI=1S/C13H16N2OS/c1-2-3-7-16-11-6-4-5-10(8-11)12-9-14-13(17)15-12/h4-6,8-9H,2-3,7H2,1H3,(H2,14,15,17). The van der Waals surface area contributed by atoms with Crippen LogP contribution in [0.15, 0.2) is 30.5 Å². The Labute approximate surface area is 106 Å². The smallest absolute Gasteiger partial charge is 0.174 e. The van der Waals surface area contributed by atoms with Crippen LogP contribution in [0.3, 0.4) is 0 Å². The van der Waals surface area contributed by atoms with E-state index >= 15 is 0 Å². The first-order valence-corrected chi connectivity index (χ1v) is 6.21. The molecule has 90 valence electrons. The lowest BCUT2D eigenvalue weighted by Gasteiger charge is -2.06. The Balaban J connectivity index is 2.14. The third kappa shape index (κ3) is 3.20. The van der Waals surface area contributed by atoms with Crippen LogP contribution in [0.2, 0.25) is 0 Å². The van der Waals surface area contributed by atoms with Crippen LogP contribution in [-0.4, -0.2) is 16.6 Å². The van der Waals surface area contributed by atoms with Crippen molar-refractivity contribution in [3.8, 4) is 17.0 Å². The molecule has 0 radical (unpaired) electrons. The number of nitrogens with one attached hydrogen (secondary N) is 2. The summed E-state index contributed by atoms with van der Waals surface area (Å²) in [5.41, 5.74) is 2.06. The summed E-state index contributed by atoms with van der Waals surface area (Å²) in [5.74, 6) is 0.900. The van der Waals surface area contributed by atoms with Gasteiger partial charge in [-0.15, -0.1) is 0 Å². The van der Waals surface area contributed by atoms with Crippen LogP contribution in [0.25, 0.3) is 11.3 Å². The van der Waals surface area contributed by atoms with E-state index in [0.29, 0.717) is 4.77 Å². The molecular formula is C13H16N2OS. The Morgan fingerprint density at radius 1 is 1.35 bits per heavy atom. The molecule has 0 unspecified atom stereocenters. The molecule has 3 nitrogen and oxygen atoms in total. The Hall–Kier alpha value is -1.55. The molecular weight excluding hydrogens is 232 g/mol. The molecule has 17 heavy (non-hydrogen) atoms. The molecule has 0 atom stereocenters. The summed E-state index contributed by atoms with van der Waals surface area (Å²) >= 11 is 5.01. The van der Waals surface area contributed by atoms with Gasteiger partial charge in [0.2, 0.25) is 0 Å². The highest BCUT2D eigenvalue weighted by atomic mass is 32.1. The van der Waals surface area contributed by atoms with Gasteiger partial charge in [0.05, 0.1) is 12.3 Å². The number of rotatable bonds is 5. The fourth-order valence-electron chi connectivity index (χ4n) is 1.58. The summed E-state index contributed by atoms with van der Waals surface area (Å²) in [6, 6.07) is 8.01. The predicted molar refractivity (Wildman–Crippen MR) is 71.8 cm³/mol. The quantitative estimate of drug-likeness (QED) is 0.622. The van der Waals surface area contributed by atoms with Gasteiger partial charge in [-0.2, -0.15) is 0 Å². The molecule has 0 spiro atoms. The normalized spacial score (nSPS) is 10.4. The highest BCUT2D eigenvalue weighted by molar-refractivity contribution is 7.71. The fourth-order valence-corrected chi connectivity index (χ4v) is 1.74. The Morgan fingerprint density at radius 3 is 2.94 bits per heavy atom. The zero-order chi connectivity index (χ0) is 12.1. The number of hydrogen-bond acceptors (Lipinski definition) is 2. The van der Waals surface area contributed by atoms with Gasteiger partial charge >= 0.3 is 0 Å². The number of unbranched alkanes of at least 4 members (excludes halogenated alkanes) is 1. The van der Waals surface area contributed by atoms with Gasteiger partial charge in [0.15, 0.2) is 4.77 Å². The van der Waals surface area contributed by atoms with Gasteiger partial charge in [-0.05, 0) is 30.8 Å². The molecule has 1 heterocycles. The maximum atomic E-state index is 5.67. The van der Waals surface area contributed by atoms with Gasteiger partial charge in [0.1, 0.15) is 5.75 Å². The molecule has 2 rings (SSSR count). The van der Waals surface area contributed by atoms with E-state index in [1.165, 1.54) is 0 Å². The summed E-state index contributed by atoms with van der Waals surface area (Å²) < 4.78 is 6.30. The molecule has 0 aliphatic rings. The van der Waals surface area contributed by atoms with E-state index in [2.05, 4.69) is 16.9 Å². The van der Waals surface area contributed by atoms with E-state index in [0.717, 1.165) is 36.5 Å². The Kier molecular flexibility index (Phi) is 3.98. The summed E-state index contributed by atoms with van der Waals surface area (Å²) in [5, 5.41) is 0. The maximum absolute atomic E-state index is 5.67. The summed E-state index contributed by atoms with van der Waals surface area (Å²) in [4.78, 5) is 6.05. The molecule has 2 aromatic rings. The second kappa shape index (κ2) is 5.68. The molecule has 1 aromatic heterocycles. The lowest BCUT2D eigenvalue weighted by atomic mass is 10.1. The minimum Gasteiger partial charge on any atom is -0.494 e. The Bertz CT molecular complexity index is 530. The first kappa shape index (κ1) is 11.9. The first-order valence-electron chi connectivity index (χ1n) is 5.80. The van der Waals surface area contributed by atoms with Crippen molar-refractivity contribution in [2.75, 3.05) is 6.61 Å². The number of hydrogen-bond donors (Lipinski definition) is 2. The third-order valence-corrected chi connectivity index (χ3v) is 2.73. The monoisotopic (exact) mass is 248 g/mol. The molecule has 0 aliphatic carbocycles. The van der Waals surface area contributed by atoms with Crippen LogP contribution < -0.4 is 4.74 Å². The number of imidazole rings is 1. The van der Waals surface area contributed by atoms with Crippen molar-refractivity contribution in [3.05, 3.63) is 35.2 Å². The zero-order valence-corrected chi connectivity index (χ0v) is 10.6. The van der Waals surface area contributed by atoms with Gasteiger partial charge in [0.25, 0.3) is 0 Å². The number of aromatic amines is 2. The van der Waals surface area contributed by atoms with Crippen molar-refractivity contribution >= 4 is 12.2 Å². The SMILES string of the molecule is CCCCOc1cccc(-c2c[nH]c(=S)[nH]2)c1. The number of aromatic nitrogens is 2. The third-order valence-electron chi connectivity index (χ3n) is 2.51. The predicted octanol–water partition coefficient (Wildman–Crippen LogP) is 3.92. The minimum atomic E-state index is 0.636. The molecule has 1 aromatic carbocycles. The van der Waals surface area contributed by atoms with Crippen LogP contribution in [-0.2, 0) is 0 Å². The second-order valence-corrected chi connectivity index (χ2v) is 4.29. The molecule has 0 amide bonds. The van der Waals surface area contributed by atoms with Crippen molar-refractivity contribution in [1.82, 2.24) is 9.97 Å². The molecule has 0 bridgehead atoms. The second-order valence-electron chi connectivity index (χ2n) is 3.89. The average molecular weight is 248 g/mol. The van der Waals surface area contributed by atoms with Crippen molar-refractivity contribution in [2.24, 2.45) is 0 Å². The maximum Gasteiger partial charge on any atom is 0.174 e. The number of benzene rings is 1. The molecule has 0 aliphatic heterocycles. The van der Waals surface area contributed by atoms with E-state index in [9.17, 15) is 0 Å². The van der Waals surface area contributed by atoms with E-state index < -0.39 is 0 Å². The lowest BCUT2D eigenvalue weighted by molar-refractivity contribution is 0.309. The van der Waals surface area contributed by atoms with E-state index in [1.807, 2.05) is 30.5 Å². The van der Waals surface area contributed by atoms with Crippen LogP contribution >= 0.6 is 12.2 Å². The van der Waals surface area contributed by atoms with Crippen LogP contribution in [0.5, 0.6) is 5.75 Å². The average Bonchev–Trinajstić information content (AvgIpc) is 2.77. The van der Waals surface area contributed by atoms with E-state index in [4.69, 9.17) is 17.0 Å². The molecule has 0 saturated heterocycles. The number of ether oxygens (including phenoxy) is 1. The van der Waals surface area contributed by atoms with Crippen molar-refractivity contribution in [3.63, 3.8) is 0 Å². The van der Waals surface area contributed by atoms with E-state index in [1.54, 1.807) is 0 Å². The van der Waals surface area contributed by atoms with Crippen LogP contribution in [0.4, 0.5) is 0 Å². The van der Waals surface area contributed by atoms with Gasteiger partial charge in [0, 0.05) is 11.8 Å². The highest BCUT2D eigenvalue weighted by Gasteiger charge is 2.01. The van der Waals surface area contributed by atoms with Crippen molar-refractivity contribution in [1.29, 1.82) is 0 Å². The van der Waals surface area contributed by atoms with E-state index in [-0.39, 0.29) is 0 Å².